The Bertz CT molecular complexity index is 1220. The zero-order valence-electron chi connectivity index (χ0n) is 19.6. The van der Waals surface area contributed by atoms with E-state index in [0.717, 1.165) is 17.0 Å². The molecule has 0 spiro atoms. The number of rotatable bonds is 8. The first kappa shape index (κ1) is 24.1. The highest BCUT2D eigenvalue weighted by Crippen LogP contribution is 2.21. The van der Waals surface area contributed by atoms with Crippen LogP contribution in [-0.4, -0.2) is 80.4 Å². The Balaban J connectivity index is 1.34. The molecule has 1 amide bonds. The maximum Gasteiger partial charge on any atom is 0.253 e. The number of aromatic nitrogens is 1. The summed E-state index contributed by atoms with van der Waals surface area (Å²) in [6, 6.07) is 18.1. The molecule has 8 nitrogen and oxygen atoms in total. The second-order valence-corrected chi connectivity index (χ2v) is 10.5. The number of carbonyl (C=O) groups excluding carboxylic acids is 1. The molecule has 0 bridgehead atoms. The fraction of sp³-hybridized carbons (Fsp3) is 0.360. The largest absolute Gasteiger partial charge is 0.361 e. The van der Waals surface area contributed by atoms with Gasteiger partial charge >= 0.3 is 0 Å². The molecule has 4 rings (SSSR count). The summed E-state index contributed by atoms with van der Waals surface area (Å²) in [6.45, 7) is 2.79. The molecule has 0 radical (unpaired) electrons. The fourth-order valence-corrected chi connectivity index (χ4v) is 5.42. The highest BCUT2D eigenvalue weighted by atomic mass is 32.2. The number of aryl methyl sites for hydroxylation is 1. The second-order valence-electron chi connectivity index (χ2n) is 8.61. The van der Waals surface area contributed by atoms with Crippen LogP contribution in [0.2, 0.25) is 0 Å². The summed E-state index contributed by atoms with van der Waals surface area (Å²) < 4.78 is 33.0. The average Bonchev–Trinajstić information content (AvgIpc) is 3.33. The number of hydrogen-bond donors (Lipinski definition) is 0. The van der Waals surface area contributed by atoms with E-state index in [9.17, 15) is 13.2 Å². The van der Waals surface area contributed by atoms with Gasteiger partial charge in [0.25, 0.3) is 5.91 Å². The van der Waals surface area contributed by atoms with Gasteiger partial charge in [-0.1, -0.05) is 41.6 Å². The smallest absolute Gasteiger partial charge is 0.253 e. The van der Waals surface area contributed by atoms with E-state index in [2.05, 4.69) is 10.1 Å². The molecule has 0 saturated carbocycles. The van der Waals surface area contributed by atoms with Crippen LogP contribution in [0.15, 0.2) is 70.1 Å². The van der Waals surface area contributed by atoms with Crippen LogP contribution in [0.5, 0.6) is 0 Å². The van der Waals surface area contributed by atoms with E-state index in [1.165, 1.54) is 10.4 Å². The molecule has 0 atom stereocenters. The van der Waals surface area contributed by atoms with Crippen LogP contribution in [0.4, 0.5) is 0 Å². The molecule has 9 heteroatoms. The van der Waals surface area contributed by atoms with Crippen molar-refractivity contribution in [2.45, 2.75) is 17.7 Å². The van der Waals surface area contributed by atoms with Crippen molar-refractivity contribution in [2.75, 3.05) is 46.8 Å². The molecule has 34 heavy (non-hydrogen) atoms. The Kier molecular flexibility index (Phi) is 7.45. The molecular weight excluding hydrogens is 452 g/mol. The molecule has 0 aliphatic carbocycles. The standard InChI is InChI=1S/C25H30N4O4S/c1-27-14-16-29(17-15-27)34(31,32)23-12-6-10-21(18-23)25(30)28(2)13-7-11-22-19-24(26-33-22)20-8-4-3-5-9-20/h3-6,8-10,12,18-19H,7,11,13-17H2,1-2H3. The molecule has 0 N–H and O–H groups in total. The van der Waals surface area contributed by atoms with Crippen LogP contribution in [0, 0.1) is 0 Å². The zero-order chi connectivity index (χ0) is 24.1. The number of benzene rings is 2. The van der Waals surface area contributed by atoms with Crippen LogP contribution in [0.1, 0.15) is 22.5 Å². The molecular formula is C25H30N4O4S. The Hall–Kier alpha value is -3.01. The minimum atomic E-state index is -3.62. The Morgan fingerprint density at radius 3 is 2.50 bits per heavy atom. The zero-order valence-corrected chi connectivity index (χ0v) is 20.4. The Labute approximate surface area is 200 Å². The van der Waals surface area contributed by atoms with Gasteiger partial charge in [0.05, 0.1) is 4.90 Å². The number of nitrogens with zero attached hydrogens (tertiary/aromatic N) is 4. The molecule has 1 saturated heterocycles. The number of hydrogen-bond acceptors (Lipinski definition) is 6. The summed E-state index contributed by atoms with van der Waals surface area (Å²) in [6.07, 6.45) is 1.35. The van der Waals surface area contributed by atoms with E-state index in [0.29, 0.717) is 51.1 Å². The maximum atomic E-state index is 13.0. The SMILES string of the molecule is CN1CCN(S(=O)(=O)c2cccc(C(=O)N(C)CCCc3cc(-c4ccccc4)no3)c2)CC1. The Morgan fingerprint density at radius 2 is 1.76 bits per heavy atom. The van der Waals surface area contributed by atoms with E-state index >= 15 is 0 Å². The van der Waals surface area contributed by atoms with Crippen molar-refractivity contribution in [1.82, 2.24) is 19.3 Å². The first-order valence-electron chi connectivity index (χ1n) is 11.4. The average molecular weight is 483 g/mol. The van der Waals surface area contributed by atoms with Crippen LogP contribution < -0.4 is 0 Å². The molecule has 180 valence electrons. The van der Waals surface area contributed by atoms with Gasteiger partial charge in [-0.05, 0) is 31.7 Å². The van der Waals surface area contributed by atoms with Gasteiger partial charge in [0.15, 0.2) is 0 Å². The minimum Gasteiger partial charge on any atom is -0.361 e. The third-order valence-electron chi connectivity index (χ3n) is 6.07. The van der Waals surface area contributed by atoms with Crippen LogP contribution in [0.25, 0.3) is 11.3 Å². The third-order valence-corrected chi connectivity index (χ3v) is 7.97. The summed E-state index contributed by atoms with van der Waals surface area (Å²) in [5, 5.41) is 4.12. The molecule has 1 aliphatic heterocycles. The number of amides is 1. The van der Waals surface area contributed by atoms with Gasteiger partial charge < -0.3 is 14.3 Å². The van der Waals surface area contributed by atoms with Gasteiger partial charge in [-0.2, -0.15) is 4.31 Å². The lowest BCUT2D eigenvalue weighted by Crippen LogP contribution is -2.47. The maximum absolute atomic E-state index is 13.0. The van der Waals surface area contributed by atoms with Gasteiger partial charge in [0, 0.05) is 63.4 Å². The normalized spacial score (nSPS) is 15.4. The van der Waals surface area contributed by atoms with Crippen molar-refractivity contribution < 1.29 is 17.7 Å². The lowest BCUT2D eigenvalue weighted by Gasteiger charge is -2.31. The van der Waals surface area contributed by atoms with E-state index in [4.69, 9.17) is 4.52 Å². The monoisotopic (exact) mass is 482 g/mol. The third kappa shape index (κ3) is 5.55. The number of sulfonamides is 1. The minimum absolute atomic E-state index is 0.159. The molecule has 3 aromatic rings. The van der Waals surface area contributed by atoms with Crippen molar-refractivity contribution >= 4 is 15.9 Å². The van der Waals surface area contributed by atoms with Crippen molar-refractivity contribution in [3.63, 3.8) is 0 Å². The van der Waals surface area contributed by atoms with Crippen molar-refractivity contribution in [3.8, 4) is 11.3 Å². The Morgan fingerprint density at radius 1 is 1.03 bits per heavy atom. The van der Waals surface area contributed by atoms with Crippen molar-refractivity contribution in [1.29, 1.82) is 0 Å². The number of likely N-dealkylation sites (N-methyl/N-ethyl adjacent to an activating group) is 1. The first-order valence-corrected chi connectivity index (χ1v) is 12.8. The predicted octanol–water partition coefficient (Wildman–Crippen LogP) is 2.98. The van der Waals surface area contributed by atoms with Gasteiger partial charge in [-0.15, -0.1) is 0 Å². The summed E-state index contributed by atoms with van der Waals surface area (Å²) in [5.41, 5.74) is 2.15. The fourth-order valence-electron chi connectivity index (χ4n) is 3.96. The summed E-state index contributed by atoms with van der Waals surface area (Å²) in [4.78, 5) is 16.8. The number of piperazine rings is 1. The molecule has 1 fully saturated rings. The van der Waals surface area contributed by atoms with E-state index in [1.807, 2.05) is 43.4 Å². The summed E-state index contributed by atoms with van der Waals surface area (Å²) >= 11 is 0. The van der Waals surface area contributed by atoms with Gasteiger partial charge in [0.2, 0.25) is 10.0 Å². The summed E-state index contributed by atoms with van der Waals surface area (Å²) in [5.74, 6) is 0.554. The number of carbonyl (C=O) groups is 1. The highest BCUT2D eigenvalue weighted by Gasteiger charge is 2.28. The second kappa shape index (κ2) is 10.5. The molecule has 0 unspecified atom stereocenters. The van der Waals surface area contributed by atoms with E-state index in [1.54, 1.807) is 30.1 Å². The molecule has 2 heterocycles. The quantitative estimate of drug-likeness (QED) is 0.491. The van der Waals surface area contributed by atoms with Crippen LogP contribution in [-0.2, 0) is 16.4 Å². The van der Waals surface area contributed by atoms with Crippen molar-refractivity contribution in [3.05, 3.63) is 72.0 Å². The first-order chi connectivity index (χ1) is 16.3. The lowest BCUT2D eigenvalue weighted by atomic mass is 10.1. The lowest BCUT2D eigenvalue weighted by molar-refractivity contribution is 0.0792. The van der Waals surface area contributed by atoms with Crippen LogP contribution >= 0.6 is 0 Å². The van der Waals surface area contributed by atoms with Gasteiger partial charge in [-0.25, -0.2) is 8.42 Å². The highest BCUT2D eigenvalue weighted by molar-refractivity contribution is 7.89. The van der Waals surface area contributed by atoms with Gasteiger partial charge in [0.1, 0.15) is 11.5 Å². The predicted molar refractivity (Wildman–Crippen MR) is 130 cm³/mol. The van der Waals surface area contributed by atoms with Gasteiger partial charge in [-0.3, -0.25) is 4.79 Å². The van der Waals surface area contributed by atoms with E-state index < -0.39 is 10.0 Å². The molecule has 1 aliphatic rings. The van der Waals surface area contributed by atoms with Crippen LogP contribution in [0.3, 0.4) is 0 Å². The topological polar surface area (TPSA) is 87.0 Å². The molecule has 1 aromatic heterocycles. The van der Waals surface area contributed by atoms with Crippen molar-refractivity contribution in [2.24, 2.45) is 0 Å². The molecule has 2 aromatic carbocycles. The van der Waals surface area contributed by atoms with E-state index in [-0.39, 0.29) is 10.8 Å². The summed E-state index contributed by atoms with van der Waals surface area (Å²) in [7, 11) is 0.0737.